The fraction of sp³-hybridized carbons (Fsp3) is 0.148. The summed E-state index contributed by atoms with van der Waals surface area (Å²) in [5.74, 6) is 2.15. The highest BCUT2D eigenvalue weighted by molar-refractivity contribution is 8.00. The lowest BCUT2D eigenvalue weighted by atomic mass is 10.2. The van der Waals surface area contributed by atoms with Crippen LogP contribution in [0.1, 0.15) is 11.1 Å². The van der Waals surface area contributed by atoms with Crippen LogP contribution in [-0.4, -0.2) is 32.9 Å². The van der Waals surface area contributed by atoms with E-state index in [-0.39, 0.29) is 6.61 Å². The monoisotopic (exact) mass is 564 g/mol. The average molecular weight is 565 g/mol. The number of hydrogen-bond donors (Lipinski definition) is 0. The zero-order chi connectivity index (χ0) is 26.1. The number of aromatic nitrogens is 4. The van der Waals surface area contributed by atoms with Crippen molar-refractivity contribution in [3.05, 3.63) is 83.0 Å². The van der Waals surface area contributed by atoms with E-state index in [4.69, 9.17) is 30.2 Å². The van der Waals surface area contributed by atoms with E-state index in [0.717, 1.165) is 20.4 Å². The van der Waals surface area contributed by atoms with Crippen LogP contribution in [0.25, 0.3) is 27.6 Å². The molecule has 0 saturated heterocycles. The zero-order valence-corrected chi connectivity index (χ0v) is 22.8. The van der Waals surface area contributed by atoms with Crippen molar-refractivity contribution in [1.29, 1.82) is 0 Å². The second-order valence-electron chi connectivity index (χ2n) is 8.27. The van der Waals surface area contributed by atoms with Crippen molar-refractivity contribution in [2.45, 2.75) is 17.6 Å². The Hall–Kier alpha value is -3.73. The number of benzene rings is 3. The lowest BCUT2D eigenvalue weighted by Gasteiger charge is -2.11. The number of halogens is 1. The molecule has 0 bridgehead atoms. The average Bonchev–Trinajstić information content (AvgIpc) is 3.64. The van der Waals surface area contributed by atoms with Crippen LogP contribution < -0.4 is 14.2 Å². The summed E-state index contributed by atoms with van der Waals surface area (Å²) in [7, 11) is 1.59. The fourth-order valence-electron chi connectivity index (χ4n) is 3.87. The Balaban J connectivity index is 1.25. The maximum Gasteiger partial charge on any atom is 0.248 e. The molecule has 11 heteroatoms. The van der Waals surface area contributed by atoms with Crippen LogP contribution >= 0.6 is 34.7 Å². The summed E-state index contributed by atoms with van der Waals surface area (Å²) in [5, 5.41) is 5.05. The number of imidazole rings is 1. The second-order valence-corrected chi connectivity index (χ2v) is 10.7. The molecular formula is C27H21ClN4O4S2. The van der Waals surface area contributed by atoms with Crippen molar-refractivity contribution in [3.63, 3.8) is 0 Å². The van der Waals surface area contributed by atoms with Gasteiger partial charge in [0.15, 0.2) is 21.2 Å². The Morgan fingerprint density at radius 1 is 0.974 bits per heavy atom. The van der Waals surface area contributed by atoms with Crippen molar-refractivity contribution in [2.24, 2.45) is 0 Å². The molecule has 0 aliphatic carbocycles. The second kappa shape index (κ2) is 10.6. The van der Waals surface area contributed by atoms with Gasteiger partial charge in [0.2, 0.25) is 10.9 Å². The number of fused-ring (bicyclic) bond motifs is 2. The first-order valence-electron chi connectivity index (χ1n) is 11.6. The van der Waals surface area contributed by atoms with E-state index in [2.05, 4.69) is 15.1 Å². The van der Waals surface area contributed by atoms with Crippen molar-refractivity contribution < 1.29 is 18.6 Å². The Kier molecular flexibility index (Phi) is 6.84. The molecule has 3 heterocycles. The Bertz CT molecular complexity index is 1700. The first-order chi connectivity index (χ1) is 18.6. The van der Waals surface area contributed by atoms with E-state index in [1.54, 1.807) is 47.8 Å². The summed E-state index contributed by atoms with van der Waals surface area (Å²) in [6.45, 7) is 0.688. The van der Waals surface area contributed by atoms with Crippen molar-refractivity contribution in [1.82, 2.24) is 19.6 Å². The van der Waals surface area contributed by atoms with Crippen LogP contribution in [0.4, 0.5) is 0 Å². The quantitative estimate of drug-likeness (QED) is 0.171. The van der Waals surface area contributed by atoms with Gasteiger partial charge in [-0.1, -0.05) is 65.0 Å². The van der Waals surface area contributed by atoms with E-state index in [1.807, 2.05) is 48.7 Å². The maximum absolute atomic E-state index is 6.37. The van der Waals surface area contributed by atoms with Crippen LogP contribution in [0.15, 0.2) is 75.6 Å². The van der Waals surface area contributed by atoms with Gasteiger partial charge in [-0.3, -0.25) is 0 Å². The normalized spacial score (nSPS) is 11.3. The number of oxazole rings is 1. The maximum atomic E-state index is 6.37. The highest BCUT2D eigenvalue weighted by Gasteiger charge is 2.18. The SMILES string of the molecule is COc1cc(OCc2cc(Cl)cc(OCc3ccccc3)c2)c2nc(-c3cn4nc(SC)sc4n3)oc2c1. The van der Waals surface area contributed by atoms with Gasteiger partial charge < -0.3 is 18.6 Å². The van der Waals surface area contributed by atoms with Gasteiger partial charge in [-0.05, 0) is 35.6 Å². The molecule has 0 radical (unpaired) electrons. The van der Waals surface area contributed by atoms with E-state index in [9.17, 15) is 0 Å². The molecule has 0 amide bonds. The summed E-state index contributed by atoms with van der Waals surface area (Å²) in [6.07, 6.45) is 3.79. The van der Waals surface area contributed by atoms with Crippen LogP contribution in [0.3, 0.4) is 0 Å². The molecule has 8 nitrogen and oxygen atoms in total. The molecule has 0 N–H and O–H groups in total. The third kappa shape index (κ3) is 5.15. The van der Waals surface area contributed by atoms with E-state index in [1.165, 1.54) is 11.3 Å². The van der Waals surface area contributed by atoms with Gasteiger partial charge in [-0.2, -0.15) is 0 Å². The third-order valence-corrected chi connectivity index (χ3v) is 7.78. The fourth-order valence-corrected chi connectivity index (χ4v) is 5.46. The summed E-state index contributed by atoms with van der Waals surface area (Å²) in [4.78, 5) is 10.1. The molecular weight excluding hydrogens is 544 g/mol. The third-order valence-electron chi connectivity index (χ3n) is 5.66. The van der Waals surface area contributed by atoms with Gasteiger partial charge in [0.1, 0.15) is 30.4 Å². The molecule has 6 rings (SSSR count). The number of nitrogens with zero attached hydrogens (tertiary/aromatic N) is 4. The van der Waals surface area contributed by atoms with Gasteiger partial charge in [-0.15, -0.1) is 5.10 Å². The first-order valence-corrected chi connectivity index (χ1v) is 14.0. The minimum absolute atomic E-state index is 0.244. The lowest BCUT2D eigenvalue weighted by Crippen LogP contribution is -1.99. The Labute approximate surface area is 231 Å². The number of methoxy groups -OCH3 is 1. The van der Waals surface area contributed by atoms with Crippen molar-refractivity contribution in [3.8, 4) is 28.8 Å². The molecule has 0 spiro atoms. The summed E-state index contributed by atoms with van der Waals surface area (Å²) < 4.78 is 26.3. The molecule has 0 aliphatic heterocycles. The molecule has 38 heavy (non-hydrogen) atoms. The highest BCUT2D eigenvalue weighted by atomic mass is 35.5. The van der Waals surface area contributed by atoms with E-state index in [0.29, 0.717) is 51.6 Å². The van der Waals surface area contributed by atoms with E-state index < -0.39 is 0 Å². The predicted molar refractivity (Wildman–Crippen MR) is 149 cm³/mol. The minimum Gasteiger partial charge on any atom is -0.496 e. The number of rotatable bonds is 9. The predicted octanol–water partition coefficient (Wildman–Crippen LogP) is 7.14. The lowest BCUT2D eigenvalue weighted by molar-refractivity contribution is 0.296. The van der Waals surface area contributed by atoms with Crippen molar-refractivity contribution >= 4 is 50.8 Å². The molecule has 0 fully saturated rings. The minimum atomic E-state index is 0.244. The molecule has 0 aliphatic rings. The summed E-state index contributed by atoms with van der Waals surface area (Å²) in [6, 6.07) is 19.1. The van der Waals surface area contributed by atoms with Crippen molar-refractivity contribution in [2.75, 3.05) is 13.4 Å². The molecule has 0 saturated carbocycles. The molecule has 192 valence electrons. The first kappa shape index (κ1) is 24.6. The Morgan fingerprint density at radius 2 is 1.82 bits per heavy atom. The zero-order valence-electron chi connectivity index (χ0n) is 20.4. The van der Waals surface area contributed by atoms with E-state index >= 15 is 0 Å². The molecule has 3 aromatic heterocycles. The summed E-state index contributed by atoms with van der Waals surface area (Å²) >= 11 is 9.46. The topological polar surface area (TPSA) is 83.9 Å². The van der Waals surface area contributed by atoms with Crippen LogP contribution in [-0.2, 0) is 13.2 Å². The Morgan fingerprint density at radius 3 is 2.61 bits per heavy atom. The molecule has 3 aromatic carbocycles. The molecule has 0 unspecified atom stereocenters. The number of hydrogen-bond acceptors (Lipinski definition) is 9. The van der Waals surface area contributed by atoms with Gasteiger partial charge in [-0.25, -0.2) is 14.5 Å². The highest BCUT2D eigenvalue weighted by Crippen LogP contribution is 2.35. The summed E-state index contributed by atoms with van der Waals surface area (Å²) in [5.41, 5.74) is 3.61. The molecule has 0 atom stereocenters. The van der Waals surface area contributed by atoms with Gasteiger partial charge in [0.25, 0.3) is 0 Å². The standard InChI is InChI=1S/C27H21ClN4O4S2/c1-33-19-11-22(35-15-17-8-18(28)10-20(9-17)34-14-16-6-4-3-5-7-16)24-23(12-19)36-25(30-24)21-13-32-26(29-21)38-27(31-32)37-2/h3-13H,14-15H2,1-2H3. The molecule has 6 aromatic rings. The van der Waals surface area contributed by atoms with Gasteiger partial charge in [0, 0.05) is 17.2 Å². The number of thioether (sulfide) groups is 1. The largest absolute Gasteiger partial charge is 0.496 e. The van der Waals surface area contributed by atoms with Crippen LogP contribution in [0, 0.1) is 0 Å². The number of ether oxygens (including phenoxy) is 3. The van der Waals surface area contributed by atoms with Gasteiger partial charge in [0.05, 0.1) is 13.3 Å². The smallest absolute Gasteiger partial charge is 0.248 e. The van der Waals surface area contributed by atoms with Crippen LogP contribution in [0.2, 0.25) is 5.02 Å². The van der Waals surface area contributed by atoms with Crippen LogP contribution in [0.5, 0.6) is 17.2 Å². The van der Waals surface area contributed by atoms with Gasteiger partial charge >= 0.3 is 0 Å².